The third-order valence-corrected chi connectivity index (χ3v) is 5.52. The zero-order valence-electron chi connectivity index (χ0n) is 17.4. The zero-order valence-corrected chi connectivity index (χ0v) is 17.4. The first-order chi connectivity index (χ1) is 12.8. The van der Waals surface area contributed by atoms with Crippen LogP contribution in [0.2, 0.25) is 0 Å². The van der Waals surface area contributed by atoms with Crippen LogP contribution in [0, 0.1) is 13.5 Å². The summed E-state index contributed by atoms with van der Waals surface area (Å²) < 4.78 is 5.56. The second kappa shape index (κ2) is 10.1. The summed E-state index contributed by atoms with van der Waals surface area (Å²) in [6, 6.07) is 2.95. The van der Waals surface area contributed by atoms with Gasteiger partial charge in [-0.2, -0.15) is 0 Å². The number of benzene rings is 1. The minimum absolute atomic E-state index is 0.0915. The maximum atomic E-state index is 13.3. The van der Waals surface area contributed by atoms with E-state index in [9.17, 15) is 9.59 Å². The first kappa shape index (κ1) is 22.7. The van der Waals surface area contributed by atoms with Crippen molar-refractivity contribution in [1.29, 1.82) is 0 Å². The SMILES string of the molecule is [C-]#[N+]c1cc(C)c(NC(=O)C(CCC)[N+](CC)(CC)CC)c(C(=O)OC)c1. The van der Waals surface area contributed by atoms with Crippen molar-refractivity contribution in [2.75, 3.05) is 32.1 Å². The second-order valence-electron chi connectivity index (χ2n) is 6.75. The number of carbonyl (C=O) groups excluding carboxylic acids is 2. The number of rotatable bonds is 9. The molecule has 6 heteroatoms. The van der Waals surface area contributed by atoms with E-state index in [-0.39, 0.29) is 17.5 Å². The van der Waals surface area contributed by atoms with Crippen molar-refractivity contribution in [1.82, 2.24) is 0 Å². The van der Waals surface area contributed by atoms with E-state index in [2.05, 4.69) is 37.9 Å². The highest BCUT2D eigenvalue weighted by atomic mass is 16.5. The summed E-state index contributed by atoms with van der Waals surface area (Å²) in [7, 11) is 1.29. The molecule has 0 heterocycles. The normalized spacial score (nSPS) is 12.2. The fourth-order valence-electron chi connectivity index (χ4n) is 3.74. The lowest BCUT2D eigenvalue weighted by Crippen LogP contribution is -2.59. The van der Waals surface area contributed by atoms with Gasteiger partial charge in [0, 0.05) is 6.42 Å². The average Bonchev–Trinajstić information content (AvgIpc) is 2.69. The Morgan fingerprint density at radius 1 is 1.19 bits per heavy atom. The molecule has 1 atom stereocenters. The molecule has 1 aromatic rings. The molecule has 0 saturated carbocycles. The number of likely N-dealkylation sites (N-methyl/N-ethyl adjacent to an activating group) is 1. The van der Waals surface area contributed by atoms with E-state index in [1.807, 2.05) is 0 Å². The van der Waals surface area contributed by atoms with E-state index in [0.29, 0.717) is 21.4 Å². The van der Waals surface area contributed by atoms with Gasteiger partial charge in [0.1, 0.15) is 0 Å². The summed E-state index contributed by atoms with van der Waals surface area (Å²) in [6.07, 6.45) is 1.67. The maximum absolute atomic E-state index is 13.3. The molecule has 0 aromatic heterocycles. The van der Waals surface area contributed by atoms with Crippen molar-refractivity contribution in [2.45, 2.75) is 53.5 Å². The molecule has 0 radical (unpaired) electrons. The number of ether oxygens (including phenoxy) is 1. The van der Waals surface area contributed by atoms with Gasteiger partial charge in [-0.05, 0) is 45.7 Å². The smallest absolute Gasteiger partial charge is 0.338 e. The number of carbonyl (C=O) groups is 2. The van der Waals surface area contributed by atoms with E-state index in [4.69, 9.17) is 11.3 Å². The molecule has 0 spiro atoms. The average molecular weight is 375 g/mol. The van der Waals surface area contributed by atoms with Gasteiger partial charge in [-0.25, -0.2) is 9.64 Å². The van der Waals surface area contributed by atoms with Gasteiger partial charge in [0.15, 0.2) is 11.7 Å². The van der Waals surface area contributed by atoms with Crippen LogP contribution < -0.4 is 5.32 Å². The van der Waals surface area contributed by atoms with E-state index < -0.39 is 5.97 Å². The number of aryl methyl sites for hydroxylation is 1. The van der Waals surface area contributed by atoms with Gasteiger partial charge < -0.3 is 14.5 Å². The minimum atomic E-state index is -0.562. The molecule has 1 aromatic carbocycles. The number of quaternary nitrogens is 1. The van der Waals surface area contributed by atoms with Crippen molar-refractivity contribution >= 4 is 23.3 Å². The molecule has 1 amide bonds. The number of nitrogens with zero attached hydrogens (tertiary/aromatic N) is 2. The number of hydrogen-bond acceptors (Lipinski definition) is 3. The van der Waals surface area contributed by atoms with E-state index in [1.165, 1.54) is 13.2 Å². The Morgan fingerprint density at radius 3 is 2.22 bits per heavy atom. The minimum Gasteiger partial charge on any atom is -0.465 e. The van der Waals surface area contributed by atoms with Crippen LogP contribution >= 0.6 is 0 Å². The van der Waals surface area contributed by atoms with Gasteiger partial charge in [-0.15, -0.1) is 0 Å². The Labute approximate surface area is 162 Å². The lowest BCUT2D eigenvalue weighted by molar-refractivity contribution is -0.938. The largest absolute Gasteiger partial charge is 0.465 e. The highest BCUT2D eigenvalue weighted by molar-refractivity contribution is 6.04. The van der Waals surface area contributed by atoms with Crippen LogP contribution in [0.5, 0.6) is 0 Å². The third kappa shape index (κ3) is 4.86. The summed E-state index contributed by atoms with van der Waals surface area (Å²) in [6.45, 7) is 20.0. The number of anilines is 1. The molecule has 1 unspecified atom stereocenters. The molecular weight excluding hydrogens is 342 g/mol. The summed E-state index contributed by atoms with van der Waals surface area (Å²) in [5, 5.41) is 2.98. The van der Waals surface area contributed by atoms with Crippen LogP contribution in [0.4, 0.5) is 11.4 Å². The van der Waals surface area contributed by atoms with E-state index >= 15 is 0 Å². The van der Waals surface area contributed by atoms with Crippen LogP contribution in [0.3, 0.4) is 0 Å². The van der Waals surface area contributed by atoms with Crippen LogP contribution in [-0.2, 0) is 9.53 Å². The fourth-order valence-corrected chi connectivity index (χ4v) is 3.74. The number of nitrogens with one attached hydrogen (secondary N) is 1. The number of hydrogen-bond donors (Lipinski definition) is 1. The van der Waals surface area contributed by atoms with Gasteiger partial charge in [-0.1, -0.05) is 13.0 Å². The zero-order chi connectivity index (χ0) is 20.6. The summed E-state index contributed by atoms with van der Waals surface area (Å²) in [5.41, 5.74) is 1.67. The Kier molecular flexibility index (Phi) is 8.45. The summed E-state index contributed by atoms with van der Waals surface area (Å²) in [5.74, 6) is -0.653. The predicted octanol–water partition coefficient (Wildman–Crippen LogP) is 4.32. The van der Waals surface area contributed by atoms with Crippen LogP contribution in [0.25, 0.3) is 4.85 Å². The van der Waals surface area contributed by atoms with E-state index in [1.54, 1.807) is 13.0 Å². The van der Waals surface area contributed by atoms with Crippen molar-refractivity contribution < 1.29 is 18.8 Å². The van der Waals surface area contributed by atoms with Crippen molar-refractivity contribution in [3.05, 3.63) is 34.7 Å². The van der Waals surface area contributed by atoms with Crippen LogP contribution in [-0.4, -0.2) is 49.1 Å². The predicted molar refractivity (Wildman–Crippen MR) is 108 cm³/mol. The molecule has 0 aliphatic heterocycles. The highest BCUT2D eigenvalue weighted by Crippen LogP contribution is 2.29. The standard InChI is InChI=1S/C21H31N3O3/c1-8-12-18(24(9-2,10-3)11-4)20(25)23-19-15(5)13-16(22-6)14-17(19)21(26)27-7/h13-14,18H,8-12H2,1-5,7H3/p+1. The van der Waals surface area contributed by atoms with Crippen molar-refractivity contribution in [3.63, 3.8) is 0 Å². The Bertz CT molecular complexity index is 710. The van der Waals surface area contributed by atoms with Gasteiger partial charge in [-0.3, -0.25) is 4.79 Å². The number of amides is 1. The Balaban J connectivity index is 3.38. The van der Waals surface area contributed by atoms with Gasteiger partial charge in [0.25, 0.3) is 5.91 Å². The topological polar surface area (TPSA) is 59.8 Å². The first-order valence-corrected chi connectivity index (χ1v) is 9.60. The lowest BCUT2D eigenvalue weighted by atomic mass is 10.0. The molecule has 0 bridgehead atoms. The second-order valence-corrected chi connectivity index (χ2v) is 6.75. The number of methoxy groups -OCH3 is 1. The molecule has 0 fully saturated rings. The first-order valence-electron chi connectivity index (χ1n) is 9.60. The molecule has 0 aliphatic carbocycles. The van der Waals surface area contributed by atoms with Crippen molar-refractivity contribution in [2.24, 2.45) is 0 Å². The molecule has 27 heavy (non-hydrogen) atoms. The lowest BCUT2D eigenvalue weighted by Gasteiger charge is -2.42. The van der Waals surface area contributed by atoms with E-state index in [0.717, 1.165) is 32.5 Å². The quantitative estimate of drug-likeness (QED) is 0.398. The molecule has 0 aliphatic rings. The molecule has 1 rings (SSSR count). The monoisotopic (exact) mass is 374 g/mol. The molecule has 6 nitrogen and oxygen atoms in total. The summed E-state index contributed by atoms with van der Waals surface area (Å²) >= 11 is 0. The van der Waals surface area contributed by atoms with Gasteiger partial charge in [0.2, 0.25) is 0 Å². The third-order valence-electron chi connectivity index (χ3n) is 5.52. The number of esters is 1. The van der Waals surface area contributed by atoms with Gasteiger partial charge in [0.05, 0.1) is 44.6 Å². The molecule has 0 saturated heterocycles. The van der Waals surface area contributed by atoms with Crippen molar-refractivity contribution in [3.8, 4) is 0 Å². The van der Waals surface area contributed by atoms with Crippen LogP contribution in [0.1, 0.15) is 56.5 Å². The molecular formula is C21H32N3O3+. The molecule has 1 N–H and O–H groups in total. The maximum Gasteiger partial charge on any atom is 0.338 e. The van der Waals surface area contributed by atoms with Crippen LogP contribution in [0.15, 0.2) is 12.1 Å². The summed E-state index contributed by atoms with van der Waals surface area (Å²) in [4.78, 5) is 28.9. The fraction of sp³-hybridized carbons (Fsp3) is 0.571. The molecule has 148 valence electrons. The highest BCUT2D eigenvalue weighted by Gasteiger charge is 2.38. The van der Waals surface area contributed by atoms with Gasteiger partial charge >= 0.3 is 5.97 Å². The Hall–Kier alpha value is -2.39. The Morgan fingerprint density at radius 2 is 1.78 bits per heavy atom.